The molecule has 0 saturated heterocycles. The van der Waals surface area contributed by atoms with E-state index in [1.54, 1.807) is 45.0 Å². The third kappa shape index (κ3) is 8.83. The summed E-state index contributed by atoms with van der Waals surface area (Å²) in [6.07, 6.45) is 2.61. The Hall–Kier alpha value is -3.83. The first-order valence-electron chi connectivity index (χ1n) is 13.8. The standard InChI is InChI=1S/C31H40N4O6S/c1-7-18-31(5,6)24-16-14-23(15-17-24)20-34(42(39,40)27-13-8-9-19-32-27)21-25-11-10-12-26(33-25)35(22-28(36)37)29(38)41-30(2,3)4/h8-17,19H,7,18,20-22H2,1-6H3,(H,36,37). The van der Waals surface area contributed by atoms with E-state index in [2.05, 4.69) is 30.7 Å². The van der Waals surface area contributed by atoms with Crippen molar-refractivity contribution < 1.29 is 27.9 Å². The minimum absolute atomic E-state index is 0.00662. The largest absolute Gasteiger partial charge is 0.480 e. The molecule has 0 radical (unpaired) electrons. The zero-order valence-electron chi connectivity index (χ0n) is 25.1. The number of hydrogen-bond acceptors (Lipinski definition) is 7. The number of carbonyl (C=O) groups is 2. The van der Waals surface area contributed by atoms with E-state index in [1.165, 1.54) is 28.2 Å². The van der Waals surface area contributed by atoms with E-state index in [1.807, 2.05) is 24.3 Å². The number of nitrogens with zero attached hydrogens (tertiary/aromatic N) is 4. The number of aromatic nitrogens is 2. The summed E-state index contributed by atoms with van der Waals surface area (Å²) in [5.41, 5.74) is 1.39. The smallest absolute Gasteiger partial charge is 0.416 e. The number of carbonyl (C=O) groups excluding carboxylic acids is 1. The third-order valence-electron chi connectivity index (χ3n) is 6.53. The highest BCUT2D eigenvalue weighted by molar-refractivity contribution is 7.89. The van der Waals surface area contributed by atoms with Crippen LogP contribution in [0.5, 0.6) is 0 Å². The van der Waals surface area contributed by atoms with Gasteiger partial charge in [-0.15, -0.1) is 0 Å². The van der Waals surface area contributed by atoms with Gasteiger partial charge in [0.2, 0.25) is 0 Å². The lowest BCUT2D eigenvalue weighted by molar-refractivity contribution is -0.135. The number of ether oxygens (including phenoxy) is 1. The molecule has 0 aliphatic carbocycles. The lowest BCUT2D eigenvalue weighted by atomic mass is 9.80. The summed E-state index contributed by atoms with van der Waals surface area (Å²) in [5, 5.41) is 9.32. The Morgan fingerprint density at radius 3 is 2.19 bits per heavy atom. The lowest BCUT2D eigenvalue weighted by Gasteiger charge is -2.27. The Bertz CT molecular complexity index is 1470. The van der Waals surface area contributed by atoms with Gasteiger partial charge >= 0.3 is 12.1 Å². The van der Waals surface area contributed by atoms with E-state index in [4.69, 9.17) is 4.74 Å². The Morgan fingerprint density at radius 2 is 1.62 bits per heavy atom. The van der Waals surface area contributed by atoms with Crippen LogP contribution < -0.4 is 4.90 Å². The van der Waals surface area contributed by atoms with Gasteiger partial charge in [-0.25, -0.2) is 23.2 Å². The van der Waals surface area contributed by atoms with Crippen molar-refractivity contribution in [2.45, 2.75) is 83.5 Å². The van der Waals surface area contributed by atoms with Gasteiger partial charge in [0, 0.05) is 12.7 Å². The predicted molar refractivity (Wildman–Crippen MR) is 160 cm³/mol. The molecule has 2 aromatic heterocycles. The molecule has 1 N–H and O–H groups in total. The van der Waals surface area contributed by atoms with E-state index in [0.29, 0.717) is 5.69 Å². The Balaban J connectivity index is 1.98. The second-order valence-electron chi connectivity index (χ2n) is 11.7. The molecule has 1 aromatic carbocycles. The molecular weight excluding hydrogens is 556 g/mol. The summed E-state index contributed by atoms with van der Waals surface area (Å²) >= 11 is 0. The Kier molecular flexibility index (Phi) is 10.5. The first-order valence-corrected chi connectivity index (χ1v) is 15.3. The van der Waals surface area contributed by atoms with Crippen LogP contribution in [0.25, 0.3) is 0 Å². The van der Waals surface area contributed by atoms with Gasteiger partial charge in [0.05, 0.1) is 12.2 Å². The van der Waals surface area contributed by atoms with Gasteiger partial charge in [0.15, 0.2) is 5.03 Å². The zero-order chi connectivity index (χ0) is 31.1. The van der Waals surface area contributed by atoms with Gasteiger partial charge in [-0.05, 0) is 68.0 Å². The number of rotatable bonds is 12. The predicted octanol–water partition coefficient (Wildman–Crippen LogP) is 5.77. The molecule has 0 bridgehead atoms. The van der Waals surface area contributed by atoms with E-state index < -0.39 is 34.2 Å². The zero-order valence-corrected chi connectivity index (χ0v) is 25.9. The number of carboxylic acid groups (broad SMARTS) is 1. The molecule has 10 nitrogen and oxygen atoms in total. The summed E-state index contributed by atoms with van der Waals surface area (Å²) in [5.74, 6) is -1.22. The number of anilines is 1. The van der Waals surface area contributed by atoms with Gasteiger partial charge in [-0.1, -0.05) is 63.6 Å². The van der Waals surface area contributed by atoms with Crippen molar-refractivity contribution in [3.05, 3.63) is 83.7 Å². The van der Waals surface area contributed by atoms with Crippen molar-refractivity contribution in [2.24, 2.45) is 0 Å². The average molecular weight is 597 g/mol. The highest BCUT2D eigenvalue weighted by atomic mass is 32.2. The van der Waals surface area contributed by atoms with Crippen LogP contribution in [0.4, 0.5) is 10.6 Å². The highest BCUT2D eigenvalue weighted by Gasteiger charge is 2.29. The van der Waals surface area contributed by atoms with Crippen molar-refractivity contribution >= 4 is 27.9 Å². The summed E-state index contributed by atoms with van der Waals surface area (Å²) in [4.78, 5) is 33.8. The highest BCUT2D eigenvalue weighted by Crippen LogP contribution is 2.29. The number of carboxylic acids is 1. The summed E-state index contributed by atoms with van der Waals surface area (Å²) in [7, 11) is -4.05. The molecule has 0 spiro atoms. The van der Waals surface area contributed by atoms with Gasteiger partial charge in [0.1, 0.15) is 18.0 Å². The van der Waals surface area contributed by atoms with E-state index >= 15 is 0 Å². The second kappa shape index (κ2) is 13.4. The summed E-state index contributed by atoms with van der Waals surface area (Å²) < 4.78 is 34.2. The van der Waals surface area contributed by atoms with E-state index in [-0.39, 0.29) is 29.3 Å². The normalized spacial score (nSPS) is 12.3. The Labute approximate surface area is 248 Å². The fourth-order valence-electron chi connectivity index (χ4n) is 4.47. The van der Waals surface area contributed by atoms with Crippen LogP contribution in [-0.2, 0) is 38.1 Å². The molecular formula is C31H40N4O6S. The number of aliphatic carboxylic acids is 1. The first kappa shape index (κ1) is 32.7. The maximum Gasteiger partial charge on any atom is 0.416 e. The van der Waals surface area contributed by atoms with Gasteiger partial charge < -0.3 is 9.84 Å². The fraction of sp³-hybridized carbons (Fsp3) is 0.419. The molecule has 0 saturated carbocycles. The maximum absolute atomic E-state index is 13.8. The lowest BCUT2D eigenvalue weighted by Crippen LogP contribution is -2.40. The number of pyridine rings is 2. The van der Waals surface area contributed by atoms with Crippen molar-refractivity contribution in [1.82, 2.24) is 14.3 Å². The van der Waals surface area contributed by atoms with Crippen LogP contribution in [0.3, 0.4) is 0 Å². The third-order valence-corrected chi connectivity index (χ3v) is 8.23. The number of benzene rings is 1. The molecule has 11 heteroatoms. The Morgan fingerprint density at radius 1 is 0.929 bits per heavy atom. The minimum atomic E-state index is -4.05. The van der Waals surface area contributed by atoms with E-state index in [0.717, 1.165) is 23.3 Å². The number of amides is 1. The van der Waals surface area contributed by atoms with Crippen molar-refractivity contribution in [3.8, 4) is 0 Å². The monoisotopic (exact) mass is 596 g/mol. The van der Waals surface area contributed by atoms with Crippen LogP contribution in [0.2, 0.25) is 0 Å². The molecule has 42 heavy (non-hydrogen) atoms. The summed E-state index contributed by atoms with van der Waals surface area (Å²) in [6.45, 7) is 10.8. The van der Waals surface area contributed by atoms with Gasteiger partial charge in [-0.3, -0.25) is 9.69 Å². The van der Waals surface area contributed by atoms with Crippen LogP contribution in [0, 0.1) is 0 Å². The minimum Gasteiger partial charge on any atom is -0.480 e. The summed E-state index contributed by atoms with van der Waals surface area (Å²) in [6, 6.07) is 17.3. The van der Waals surface area contributed by atoms with Crippen molar-refractivity contribution in [2.75, 3.05) is 11.4 Å². The van der Waals surface area contributed by atoms with Crippen LogP contribution in [0.15, 0.2) is 71.9 Å². The molecule has 226 valence electrons. The first-order chi connectivity index (χ1) is 19.6. The van der Waals surface area contributed by atoms with Crippen LogP contribution in [-0.4, -0.2) is 52.0 Å². The molecule has 0 atom stereocenters. The van der Waals surface area contributed by atoms with Crippen LogP contribution in [0.1, 0.15) is 71.2 Å². The SMILES string of the molecule is CCCC(C)(C)c1ccc(CN(Cc2cccc(N(CC(=O)O)C(=O)OC(C)(C)C)n2)S(=O)(=O)c2ccccn2)cc1. The molecule has 0 aliphatic heterocycles. The molecule has 0 fully saturated rings. The molecule has 0 unspecified atom stereocenters. The molecule has 3 aromatic rings. The fourth-order valence-corrected chi connectivity index (χ4v) is 5.80. The quantitative estimate of drug-likeness (QED) is 0.279. The van der Waals surface area contributed by atoms with Crippen molar-refractivity contribution in [1.29, 1.82) is 0 Å². The maximum atomic E-state index is 13.8. The van der Waals surface area contributed by atoms with Gasteiger partial charge in [-0.2, -0.15) is 4.31 Å². The molecule has 1 amide bonds. The molecule has 2 heterocycles. The molecule has 3 rings (SSSR count). The second-order valence-corrected chi connectivity index (χ2v) is 13.6. The van der Waals surface area contributed by atoms with Gasteiger partial charge in [0.25, 0.3) is 10.0 Å². The van der Waals surface area contributed by atoms with Crippen molar-refractivity contribution in [3.63, 3.8) is 0 Å². The topological polar surface area (TPSA) is 130 Å². The number of hydrogen-bond donors (Lipinski definition) is 1. The molecule has 0 aliphatic rings. The van der Waals surface area contributed by atoms with Crippen LogP contribution >= 0.6 is 0 Å². The number of sulfonamides is 1. The van der Waals surface area contributed by atoms with E-state index in [9.17, 15) is 23.1 Å². The average Bonchev–Trinajstić information content (AvgIpc) is 2.91.